The highest BCUT2D eigenvalue weighted by molar-refractivity contribution is 5.76. The van der Waals surface area contributed by atoms with Gasteiger partial charge in [-0.1, -0.05) is 30.3 Å². The highest BCUT2D eigenvalue weighted by atomic mass is 16.5. The van der Waals surface area contributed by atoms with Crippen molar-refractivity contribution in [3.8, 4) is 0 Å². The van der Waals surface area contributed by atoms with E-state index in [1.165, 1.54) is 0 Å². The number of ether oxygens (including phenoxy) is 1. The summed E-state index contributed by atoms with van der Waals surface area (Å²) in [5, 5.41) is 2.36. The number of carbonyl (C=O) groups excluding carboxylic acids is 3. The Bertz CT molecular complexity index is 434. The Kier molecular flexibility index (Phi) is 6.08. The lowest BCUT2D eigenvalue weighted by Gasteiger charge is -2.12. The monoisotopic (exact) mass is 264 g/mol. The molecule has 0 saturated heterocycles. The van der Waals surface area contributed by atoms with Gasteiger partial charge < -0.3 is 20.6 Å². The van der Waals surface area contributed by atoms with Crippen molar-refractivity contribution in [3.05, 3.63) is 35.9 Å². The van der Waals surface area contributed by atoms with Crippen LogP contribution in [0.25, 0.3) is 0 Å². The second-order valence-corrected chi connectivity index (χ2v) is 3.95. The Balaban J connectivity index is 2.32. The first-order valence-electron chi connectivity index (χ1n) is 5.82. The summed E-state index contributed by atoms with van der Waals surface area (Å²) < 4.78 is 4.94. The van der Waals surface area contributed by atoms with Gasteiger partial charge in [-0.3, -0.25) is 4.79 Å². The Morgan fingerprint density at radius 1 is 1.32 bits per heavy atom. The minimum absolute atomic E-state index is 0.0301. The Morgan fingerprint density at radius 2 is 2.00 bits per heavy atom. The van der Waals surface area contributed by atoms with Gasteiger partial charge in [-0.2, -0.15) is 0 Å². The van der Waals surface area contributed by atoms with Crippen molar-refractivity contribution in [2.24, 2.45) is 5.73 Å². The molecule has 102 valence electrons. The first-order valence-corrected chi connectivity index (χ1v) is 5.82. The topological polar surface area (TPSA) is 98.5 Å². The molecule has 1 aromatic carbocycles. The number of rotatable bonds is 7. The summed E-state index contributed by atoms with van der Waals surface area (Å²) in [5.74, 6) is -0.522. The molecule has 1 aromatic rings. The van der Waals surface area contributed by atoms with Crippen molar-refractivity contribution in [3.63, 3.8) is 0 Å². The van der Waals surface area contributed by atoms with Gasteiger partial charge in [0.25, 0.3) is 0 Å². The second-order valence-electron chi connectivity index (χ2n) is 3.95. The molecule has 0 bridgehead atoms. The van der Waals surface area contributed by atoms with E-state index in [-0.39, 0.29) is 19.4 Å². The summed E-state index contributed by atoms with van der Waals surface area (Å²) in [6, 6.07) is 8.39. The fourth-order valence-corrected chi connectivity index (χ4v) is 1.39. The third-order valence-electron chi connectivity index (χ3n) is 2.38. The van der Waals surface area contributed by atoms with E-state index in [0.29, 0.717) is 6.29 Å². The number of hydrogen-bond donors (Lipinski definition) is 2. The van der Waals surface area contributed by atoms with Crippen LogP contribution in [0, 0.1) is 0 Å². The van der Waals surface area contributed by atoms with Crippen molar-refractivity contribution in [2.75, 3.05) is 0 Å². The summed E-state index contributed by atoms with van der Waals surface area (Å²) >= 11 is 0. The lowest BCUT2D eigenvalue weighted by molar-refractivity contribution is -0.118. The maximum absolute atomic E-state index is 11.4. The van der Waals surface area contributed by atoms with Crippen LogP contribution < -0.4 is 11.1 Å². The van der Waals surface area contributed by atoms with E-state index in [0.717, 1.165) is 5.56 Å². The summed E-state index contributed by atoms with van der Waals surface area (Å²) in [5.41, 5.74) is 5.81. The number of amides is 2. The number of benzene rings is 1. The molecule has 0 aliphatic rings. The average molecular weight is 264 g/mol. The van der Waals surface area contributed by atoms with Crippen LogP contribution in [0.15, 0.2) is 30.3 Å². The SMILES string of the molecule is NC(=O)CC[C@@H](C=O)NC(=O)OCc1ccccc1. The normalized spacial score (nSPS) is 11.4. The Morgan fingerprint density at radius 3 is 2.58 bits per heavy atom. The standard InChI is InChI=1S/C13H16N2O4/c14-12(17)7-6-11(8-16)15-13(18)19-9-10-4-2-1-3-5-10/h1-5,8,11H,6-7,9H2,(H2,14,17)(H,15,18)/t11-/m0/s1. The van der Waals surface area contributed by atoms with Gasteiger partial charge in [0.1, 0.15) is 12.9 Å². The molecule has 0 aromatic heterocycles. The fourth-order valence-electron chi connectivity index (χ4n) is 1.39. The van der Waals surface area contributed by atoms with Gasteiger partial charge in [-0.05, 0) is 12.0 Å². The predicted octanol–water partition coefficient (Wildman–Crippen LogP) is 0.746. The number of aldehydes is 1. The van der Waals surface area contributed by atoms with Crippen LogP contribution in [-0.4, -0.2) is 24.3 Å². The molecule has 6 nitrogen and oxygen atoms in total. The molecule has 0 fully saturated rings. The van der Waals surface area contributed by atoms with E-state index in [9.17, 15) is 14.4 Å². The van der Waals surface area contributed by atoms with Gasteiger partial charge in [0, 0.05) is 6.42 Å². The van der Waals surface area contributed by atoms with E-state index in [1.807, 2.05) is 30.3 Å². The molecule has 0 unspecified atom stereocenters. The van der Waals surface area contributed by atoms with E-state index >= 15 is 0 Å². The maximum atomic E-state index is 11.4. The van der Waals surface area contributed by atoms with E-state index in [2.05, 4.69) is 5.32 Å². The lowest BCUT2D eigenvalue weighted by Crippen LogP contribution is -2.37. The average Bonchev–Trinajstić information content (AvgIpc) is 2.42. The minimum Gasteiger partial charge on any atom is -0.445 e. The molecule has 19 heavy (non-hydrogen) atoms. The van der Waals surface area contributed by atoms with Crippen LogP contribution in [0.2, 0.25) is 0 Å². The zero-order chi connectivity index (χ0) is 14.1. The quantitative estimate of drug-likeness (QED) is 0.710. The maximum Gasteiger partial charge on any atom is 0.408 e. The number of hydrogen-bond acceptors (Lipinski definition) is 4. The minimum atomic E-state index is -0.768. The smallest absolute Gasteiger partial charge is 0.408 e. The van der Waals surface area contributed by atoms with E-state index < -0.39 is 18.0 Å². The zero-order valence-corrected chi connectivity index (χ0v) is 10.4. The van der Waals surface area contributed by atoms with Gasteiger partial charge in [0.05, 0.1) is 6.04 Å². The Hall–Kier alpha value is -2.37. The van der Waals surface area contributed by atoms with Crippen LogP contribution in [0.3, 0.4) is 0 Å². The fraction of sp³-hybridized carbons (Fsp3) is 0.308. The molecule has 0 spiro atoms. The third kappa shape index (κ3) is 6.21. The third-order valence-corrected chi connectivity index (χ3v) is 2.38. The van der Waals surface area contributed by atoms with Crippen molar-refractivity contribution in [1.82, 2.24) is 5.32 Å². The molecule has 1 rings (SSSR count). The van der Waals surface area contributed by atoms with E-state index in [1.54, 1.807) is 0 Å². The van der Waals surface area contributed by atoms with Crippen molar-refractivity contribution in [2.45, 2.75) is 25.5 Å². The number of carbonyl (C=O) groups is 3. The highest BCUT2D eigenvalue weighted by Crippen LogP contribution is 2.01. The molecule has 1 atom stereocenters. The largest absolute Gasteiger partial charge is 0.445 e. The molecule has 0 radical (unpaired) electrons. The second kappa shape index (κ2) is 7.86. The number of primary amides is 1. The molecule has 0 aliphatic carbocycles. The molecular formula is C13H16N2O4. The van der Waals surface area contributed by atoms with Crippen LogP contribution in [0.4, 0.5) is 4.79 Å². The van der Waals surface area contributed by atoms with Gasteiger partial charge in [-0.25, -0.2) is 4.79 Å². The molecule has 0 heterocycles. The van der Waals surface area contributed by atoms with Crippen LogP contribution in [-0.2, 0) is 20.9 Å². The highest BCUT2D eigenvalue weighted by Gasteiger charge is 2.13. The van der Waals surface area contributed by atoms with Crippen LogP contribution >= 0.6 is 0 Å². The molecule has 2 amide bonds. The van der Waals surface area contributed by atoms with Crippen molar-refractivity contribution < 1.29 is 19.1 Å². The first-order chi connectivity index (χ1) is 9.11. The van der Waals surface area contributed by atoms with Crippen LogP contribution in [0.5, 0.6) is 0 Å². The molecular weight excluding hydrogens is 248 g/mol. The van der Waals surface area contributed by atoms with Crippen LogP contribution in [0.1, 0.15) is 18.4 Å². The molecule has 0 saturated carbocycles. The number of nitrogens with two attached hydrogens (primary N) is 1. The predicted molar refractivity (Wildman–Crippen MR) is 68.0 cm³/mol. The summed E-state index contributed by atoms with van der Waals surface area (Å²) in [6.45, 7) is 0.119. The van der Waals surface area contributed by atoms with Gasteiger partial charge in [0.2, 0.25) is 5.91 Å². The van der Waals surface area contributed by atoms with Gasteiger partial charge in [0.15, 0.2) is 0 Å². The van der Waals surface area contributed by atoms with Gasteiger partial charge >= 0.3 is 6.09 Å². The van der Waals surface area contributed by atoms with Crippen molar-refractivity contribution >= 4 is 18.3 Å². The van der Waals surface area contributed by atoms with Gasteiger partial charge in [-0.15, -0.1) is 0 Å². The zero-order valence-electron chi connectivity index (χ0n) is 10.4. The number of nitrogens with one attached hydrogen (secondary N) is 1. The molecule has 6 heteroatoms. The summed E-state index contributed by atoms with van der Waals surface area (Å²) in [4.78, 5) is 32.7. The summed E-state index contributed by atoms with van der Waals surface area (Å²) in [7, 11) is 0. The summed E-state index contributed by atoms with van der Waals surface area (Å²) in [6.07, 6.45) is 0.0411. The lowest BCUT2D eigenvalue weighted by atomic mass is 10.2. The molecule has 3 N–H and O–H groups in total. The molecule has 0 aliphatic heterocycles. The number of alkyl carbamates (subject to hydrolysis) is 1. The Labute approximate surface area is 110 Å². The van der Waals surface area contributed by atoms with Crippen molar-refractivity contribution in [1.29, 1.82) is 0 Å². The first kappa shape index (κ1) is 14.7. The van der Waals surface area contributed by atoms with E-state index in [4.69, 9.17) is 10.5 Å².